The van der Waals surface area contributed by atoms with Crippen LogP contribution in [0.4, 0.5) is 5.69 Å². The lowest BCUT2D eigenvalue weighted by molar-refractivity contribution is 0.427. The van der Waals surface area contributed by atoms with Crippen LogP contribution >= 0.6 is 15.9 Å². The number of hydrogen-bond donors (Lipinski definition) is 1. The molecule has 0 amide bonds. The zero-order valence-corrected chi connectivity index (χ0v) is 14.8. The lowest BCUT2D eigenvalue weighted by Gasteiger charge is -2.38. The number of rotatable bonds is 1. The third kappa shape index (κ3) is 2.13. The van der Waals surface area contributed by atoms with Gasteiger partial charge in [-0.2, -0.15) is 0 Å². The van der Waals surface area contributed by atoms with E-state index < -0.39 is 0 Å². The average Bonchev–Trinajstić information content (AvgIpc) is 3.11. The molecule has 118 valence electrons. The average molecular weight is 376 g/mol. The Morgan fingerprint density at radius 3 is 2.75 bits per heavy atom. The minimum absolute atomic E-state index is 0.352. The van der Waals surface area contributed by atoms with Gasteiger partial charge in [-0.05, 0) is 52.4 Å². The molecule has 1 aliphatic carbocycles. The molecule has 0 spiro atoms. The molecule has 1 nitrogen and oxygen atoms in total. The molecule has 0 radical (unpaired) electrons. The van der Waals surface area contributed by atoms with Crippen molar-refractivity contribution in [3.63, 3.8) is 0 Å². The second kappa shape index (κ2) is 5.49. The van der Waals surface area contributed by atoms with Gasteiger partial charge in [-0.15, -0.1) is 0 Å². The third-order valence-electron chi connectivity index (χ3n) is 5.48. The fourth-order valence-electron chi connectivity index (χ4n) is 4.39. The molecule has 24 heavy (non-hydrogen) atoms. The number of benzene rings is 3. The third-order valence-corrected chi connectivity index (χ3v) is 5.98. The van der Waals surface area contributed by atoms with Gasteiger partial charge in [0, 0.05) is 16.1 Å². The van der Waals surface area contributed by atoms with Crippen molar-refractivity contribution in [1.82, 2.24) is 0 Å². The summed E-state index contributed by atoms with van der Waals surface area (Å²) in [6.07, 6.45) is 5.89. The first-order valence-electron chi connectivity index (χ1n) is 8.51. The maximum atomic E-state index is 3.84. The normalized spacial score (nSPS) is 24.5. The van der Waals surface area contributed by atoms with Gasteiger partial charge in [0.2, 0.25) is 0 Å². The molecule has 3 aromatic carbocycles. The fourth-order valence-corrected chi connectivity index (χ4v) is 4.77. The highest BCUT2D eigenvalue weighted by Crippen LogP contribution is 2.51. The van der Waals surface area contributed by atoms with Gasteiger partial charge in [-0.3, -0.25) is 0 Å². The van der Waals surface area contributed by atoms with E-state index in [1.54, 1.807) is 0 Å². The largest absolute Gasteiger partial charge is 0.378 e. The Bertz CT molecular complexity index is 954. The molecule has 0 saturated carbocycles. The zero-order valence-electron chi connectivity index (χ0n) is 13.2. The summed E-state index contributed by atoms with van der Waals surface area (Å²) in [5.74, 6) is 1.08. The molecule has 5 rings (SSSR count). The quantitative estimate of drug-likeness (QED) is 0.483. The molecule has 1 aliphatic heterocycles. The minimum Gasteiger partial charge on any atom is -0.378 e. The van der Waals surface area contributed by atoms with Crippen LogP contribution < -0.4 is 5.32 Å². The van der Waals surface area contributed by atoms with Gasteiger partial charge in [-0.1, -0.05) is 70.5 Å². The van der Waals surface area contributed by atoms with E-state index in [1.165, 1.54) is 27.6 Å². The van der Waals surface area contributed by atoms with E-state index in [1.807, 2.05) is 0 Å². The van der Waals surface area contributed by atoms with Crippen molar-refractivity contribution in [2.45, 2.75) is 18.4 Å². The maximum Gasteiger partial charge on any atom is 0.0560 e. The van der Waals surface area contributed by atoms with Crippen molar-refractivity contribution in [2.75, 3.05) is 5.32 Å². The highest BCUT2D eigenvalue weighted by Gasteiger charge is 2.38. The molecule has 3 unspecified atom stereocenters. The predicted molar refractivity (Wildman–Crippen MR) is 104 cm³/mol. The molecule has 1 N–H and O–H groups in total. The van der Waals surface area contributed by atoms with Crippen molar-refractivity contribution in [3.05, 3.63) is 88.4 Å². The van der Waals surface area contributed by atoms with E-state index >= 15 is 0 Å². The van der Waals surface area contributed by atoms with Gasteiger partial charge in [0.1, 0.15) is 0 Å². The van der Waals surface area contributed by atoms with Crippen molar-refractivity contribution < 1.29 is 0 Å². The van der Waals surface area contributed by atoms with Crippen LogP contribution in [0.25, 0.3) is 10.8 Å². The molecule has 0 saturated heterocycles. The molecule has 2 heteroatoms. The number of anilines is 1. The number of halogens is 1. The Labute approximate surface area is 150 Å². The van der Waals surface area contributed by atoms with Gasteiger partial charge in [0.25, 0.3) is 0 Å². The van der Waals surface area contributed by atoms with Crippen LogP contribution in [0.5, 0.6) is 0 Å². The molecular weight excluding hydrogens is 358 g/mol. The topological polar surface area (TPSA) is 12.0 Å². The van der Waals surface area contributed by atoms with Crippen molar-refractivity contribution >= 4 is 32.4 Å². The fraction of sp³-hybridized carbons (Fsp3) is 0.182. The van der Waals surface area contributed by atoms with Gasteiger partial charge in [0.15, 0.2) is 0 Å². The Morgan fingerprint density at radius 1 is 0.917 bits per heavy atom. The molecule has 0 fully saturated rings. The van der Waals surface area contributed by atoms with Crippen LogP contribution in [0.3, 0.4) is 0 Å². The van der Waals surface area contributed by atoms with E-state index in [9.17, 15) is 0 Å². The summed E-state index contributed by atoms with van der Waals surface area (Å²) in [6, 6.07) is 22.4. The Balaban J connectivity index is 1.68. The summed E-state index contributed by atoms with van der Waals surface area (Å²) in [4.78, 5) is 0. The molecular formula is C22H18BrN. The minimum atomic E-state index is 0.352. The van der Waals surface area contributed by atoms with Crippen molar-refractivity contribution in [2.24, 2.45) is 5.92 Å². The van der Waals surface area contributed by atoms with Crippen molar-refractivity contribution in [1.29, 1.82) is 0 Å². The molecule has 3 aromatic rings. The van der Waals surface area contributed by atoms with Crippen LogP contribution in [-0.2, 0) is 0 Å². The van der Waals surface area contributed by atoms with Gasteiger partial charge in [0.05, 0.1) is 6.04 Å². The van der Waals surface area contributed by atoms with Crippen LogP contribution in [0.15, 0.2) is 77.3 Å². The van der Waals surface area contributed by atoms with Gasteiger partial charge in [-0.25, -0.2) is 0 Å². The van der Waals surface area contributed by atoms with Crippen LogP contribution in [0.1, 0.15) is 29.5 Å². The Kier molecular flexibility index (Phi) is 3.27. The van der Waals surface area contributed by atoms with Crippen LogP contribution in [0, 0.1) is 5.92 Å². The molecule has 0 aromatic heterocycles. The predicted octanol–water partition coefficient (Wildman–Crippen LogP) is 6.43. The first kappa shape index (κ1) is 14.3. The highest BCUT2D eigenvalue weighted by atomic mass is 79.9. The lowest BCUT2D eigenvalue weighted by atomic mass is 9.76. The standard InChI is InChI=1S/C22H18BrN/c23-15-11-12-21-20(13-15)17-8-4-10-19(17)22(24-21)18-9-3-6-14-5-1-2-7-16(14)18/h1-9,11-13,17,19,22,24H,10H2. The summed E-state index contributed by atoms with van der Waals surface area (Å²) < 4.78 is 1.16. The molecule has 3 atom stereocenters. The second-order valence-corrected chi connectivity index (χ2v) is 7.69. The summed E-state index contributed by atoms with van der Waals surface area (Å²) >= 11 is 3.63. The summed E-state index contributed by atoms with van der Waals surface area (Å²) in [7, 11) is 0. The van der Waals surface area contributed by atoms with Crippen molar-refractivity contribution in [3.8, 4) is 0 Å². The van der Waals surface area contributed by atoms with E-state index in [0.717, 1.165) is 10.9 Å². The van der Waals surface area contributed by atoms with E-state index in [0.29, 0.717) is 17.9 Å². The number of allylic oxidation sites excluding steroid dienone is 2. The van der Waals surface area contributed by atoms with E-state index in [2.05, 4.69) is 94.1 Å². The first-order chi connectivity index (χ1) is 11.8. The highest BCUT2D eigenvalue weighted by molar-refractivity contribution is 9.10. The molecule has 1 heterocycles. The Morgan fingerprint density at radius 2 is 1.79 bits per heavy atom. The number of nitrogens with one attached hydrogen (secondary N) is 1. The Hall–Kier alpha value is -2.06. The van der Waals surface area contributed by atoms with Gasteiger partial charge >= 0.3 is 0 Å². The molecule has 2 aliphatic rings. The van der Waals surface area contributed by atoms with E-state index in [4.69, 9.17) is 0 Å². The first-order valence-corrected chi connectivity index (χ1v) is 9.31. The zero-order chi connectivity index (χ0) is 16.1. The second-order valence-electron chi connectivity index (χ2n) is 6.78. The van der Waals surface area contributed by atoms with Gasteiger partial charge < -0.3 is 5.32 Å². The van der Waals surface area contributed by atoms with Crippen LogP contribution in [-0.4, -0.2) is 0 Å². The van der Waals surface area contributed by atoms with Crippen LogP contribution in [0.2, 0.25) is 0 Å². The smallest absolute Gasteiger partial charge is 0.0560 e. The summed E-state index contributed by atoms with van der Waals surface area (Å²) in [5, 5.41) is 6.53. The number of fused-ring (bicyclic) bond motifs is 4. The summed E-state index contributed by atoms with van der Waals surface area (Å²) in [6.45, 7) is 0. The summed E-state index contributed by atoms with van der Waals surface area (Å²) in [5.41, 5.74) is 4.10. The van der Waals surface area contributed by atoms with E-state index in [-0.39, 0.29) is 0 Å². The SMILES string of the molecule is Brc1ccc2c(c1)C1C=CCC1C(c1cccc3ccccc13)N2. The number of hydrogen-bond acceptors (Lipinski definition) is 1. The maximum absolute atomic E-state index is 3.84. The lowest BCUT2D eigenvalue weighted by Crippen LogP contribution is -2.29. The molecule has 0 bridgehead atoms. The monoisotopic (exact) mass is 375 g/mol.